The molecule has 22 aliphatic rings. The molecule has 22 fully saturated rings. The van der Waals surface area contributed by atoms with E-state index in [1.54, 1.807) is 27.9 Å². The number of aliphatic hydroxyl groups is 5. The van der Waals surface area contributed by atoms with Crippen molar-refractivity contribution >= 4 is 73.0 Å². The van der Waals surface area contributed by atoms with Crippen molar-refractivity contribution in [2.75, 3.05) is 41.2 Å². The van der Waals surface area contributed by atoms with Crippen molar-refractivity contribution in [3.63, 3.8) is 0 Å². The van der Waals surface area contributed by atoms with Gasteiger partial charge in [0.25, 0.3) is 30.9 Å². The number of fused-ring (bicyclic) bond motifs is 52. The van der Waals surface area contributed by atoms with E-state index in [0.29, 0.717) is 109 Å². The molecule has 39 heteroatoms. The first-order valence-electron chi connectivity index (χ1n) is 54.9. The summed E-state index contributed by atoms with van der Waals surface area (Å²) in [5, 5.41) is 47.1. The third-order valence-corrected chi connectivity index (χ3v) is 47.0. The van der Waals surface area contributed by atoms with Gasteiger partial charge in [0.1, 0.15) is 0 Å². The largest absolute Gasteiger partial charge is 0.554 e. The standard InChI is InChI=1S/C20H26F3O.4C17H24F3O.C7H18O3Si.C4H12O3Si.2C4H12Si.CH3Cl3Si.5Rf/c21-20(22,23)15(24)6-10-4-11-5-12(10)19-14-7-13(18(11)19)16-8-1-2-9(3-8)17(14)16;4*1-16(2)11-6-10(7-12(21)17(18,19)20)15(16)14-9-4-3-8(5-9)13(11)14;1-5-8-11(4,9-6-2)10-7-3;1-5-8(4,6-2)7-3;3*1-5(2,3)4;;;;;/h8-14,16-19,24H,1-7H2;4*8-11,13-15,21H,3-7H2,1-2H3;5-7H2,1-4H3;1-4H3;2*1-4H3;1H3;;;;;/q5*-1;;;;;;;;;;. The Bertz CT molecular complexity index is 3720. The Balaban J connectivity index is 0.000000206. The second kappa shape index (κ2) is 45.6. The van der Waals surface area contributed by atoms with E-state index >= 15 is 0 Å². The Morgan fingerprint density at radius 2 is 0.442 bits per heavy atom. The van der Waals surface area contributed by atoms with Crippen LogP contribution in [0.4, 0.5) is 65.9 Å². The van der Waals surface area contributed by atoms with Crippen LogP contribution in [0.25, 0.3) is 0 Å². The van der Waals surface area contributed by atoms with Gasteiger partial charge in [0.15, 0.2) is 0 Å². The fourth-order valence-corrected chi connectivity index (χ4v) is 41.7. The molecule has 22 bridgehead atoms. The Kier molecular flexibility index (Phi) is 39.6. The van der Waals surface area contributed by atoms with Gasteiger partial charge in [-0.15, -0.1) is 65.3 Å². The zero-order valence-corrected chi connectivity index (χ0v) is 133. The predicted octanol–water partition coefficient (Wildman–Crippen LogP) is 32.6. The van der Waals surface area contributed by atoms with E-state index in [-0.39, 0.29) is 83.4 Å². The fourth-order valence-electron chi connectivity index (χ4n) is 39.4. The summed E-state index contributed by atoms with van der Waals surface area (Å²) >= 11 is 15.6. The van der Waals surface area contributed by atoms with Crippen molar-refractivity contribution in [3.05, 3.63) is 30.5 Å². The van der Waals surface area contributed by atoms with Crippen molar-refractivity contribution < 1.29 is 118 Å². The molecule has 22 rings (SSSR count). The van der Waals surface area contributed by atoms with Crippen LogP contribution in [0.5, 0.6) is 0 Å². The van der Waals surface area contributed by atoms with Gasteiger partial charge in [-0.3, -0.25) is 0 Å². The van der Waals surface area contributed by atoms with Gasteiger partial charge in [0, 0.05) is 70.4 Å². The zero-order valence-electron chi connectivity index (χ0n) is 93.3. The maximum absolute atomic E-state index is 12.8. The topological polar surface area (TPSA) is 157 Å². The van der Waals surface area contributed by atoms with Gasteiger partial charge in [-0.25, -0.2) is 65.9 Å². The monoisotopic (exact) mass is 3520 g/mol. The molecule has 11 nitrogen and oxygen atoms in total. The summed E-state index contributed by atoms with van der Waals surface area (Å²) in [5.41, 5.74) is 0.639. The number of halogens is 18. The molecule has 22 saturated carbocycles. The molecule has 39 unspecified atom stereocenters. The minimum Gasteiger partial charge on any atom is -0.554 e. The molecule has 0 aromatic heterocycles. The van der Waals surface area contributed by atoms with E-state index in [2.05, 4.69) is 108 Å². The maximum Gasteiger partial charge on any atom is 0.497 e. The van der Waals surface area contributed by atoms with Crippen LogP contribution in [0.15, 0.2) is 0 Å². The molecule has 0 aliphatic heterocycles. The van der Waals surface area contributed by atoms with Crippen molar-refractivity contribution in [1.29, 1.82) is 0 Å². The van der Waals surface area contributed by atoms with Crippen LogP contribution in [0, 0.1) is 283 Å². The second-order valence-corrected chi connectivity index (χ2v) is 82.4. The first kappa shape index (κ1) is 128. The Morgan fingerprint density at radius 3 is 0.633 bits per heavy atom. The number of rotatable bonds is 19. The predicted molar refractivity (Wildman–Crippen MR) is 539 cm³/mol. The molecule has 0 saturated heterocycles. The summed E-state index contributed by atoms with van der Waals surface area (Å²) in [5.74, 6) is 24.4. The van der Waals surface area contributed by atoms with Gasteiger partial charge >= 0.3 is 23.6 Å². The van der Waals surface area contributed by atoms with Gasteiger partial charge in [-0.05, 0) is 391 Å². The molecule has 0 amide bonds. The molecular formula is C108H179Cl3F15O11Rf5Si5-5. The molecule has 0 aromatic rings. The fraction of sp³-hybridized carbons (Fsp3) is 0.954. The summed E-state index contributed by atoms with van der Waals surface area (Å²) in [7, 11) is -0.895. The van der Waals surface area contributed by atoms with Crippen molar-refractivity contribution in [2.45, 2.75) is 352 Å². The van der Waals surface area contributed by atoms with Gasteiger partial charge in [0.05, 0.1) is 0 Å². The normalized spacial score (nSPS) is 41.2. The first-order valence-corrected chi connectivity index (χ1v) is 72.9. The second-order valence-electron chi connectivity index (χ2n) is 54.8. The van der Waals surface area contributed by atoms with Crippen LogP contribution in [0.3, 0.4) is 0 Å². The summed E-state index contributed by atoms with van der Waals surface area (Å²) in [6.07, 6.45) is -2.49. The molecule has 0 aromatic carbocycles. The van der Waals surface area contributed by atoms with E-state index in [9.17, 15) is 91.4 Å². The van der Waals surface area contributed by atoms with Crippen molar-refractivity contribution in [3.8, 4) is 0 Å². The summed E-state index contributed by atoms with van der Waals surface area (Å²) in [6.45, 7) is 49.9. The number of hydrogen-bond donors (Lipinski definition) is 5. The number of aliphatic hydroxyl groups excluding tert-OH is 5. The van der Waals surface area contributed by atoms with E-state index in [4.69, 9.17) is 59.8 Å². The van der Waals surface area contributed by atoms with Gasteiger partial charge in [-0.2, -0.15) is 0 Å². The molecule has 838 valence electrons. The van der Waals surface area contributed by atoms with E-state index < -0.39 is 101 Å². The van der Waals surface area contributed by atoms with Crippen LogP contribution in [-0.4, -0.2) is 137 Å². The SMILES string of the molecule is CC1(C)C2CC(C[C-](O)C(F)(F)F)C1C1C3CCC(C3)C12.CC1(C)C2CC(C[C-](O)C(F)(F)F)C1C1C3CCC(C3)C12.CC1(C)C2CC(C[C-](O)C(F)(F)F)C1C1C3CCC(C3)C12.CC1(C)C2CC(C[C-](O)C(F)(F)F)C1C1C3CCC(C3)C12.CCO[Si](C)(OCC)OCC.CO[Si](C)(OC)OC.C[Si](C)(C)C.C[Si](C)(C)C.C[Si](Cl)(Cl)Cl.O[C-](CC1CC2CC1C1C3CC(C4C5CCC(C5)C34)C21)C(F)(F)F.[Rf].[Rf].[Rf].[Rf].[Rf]. The summed E-state index contributed by atoms with van der Waals surface area (Å²) < 4.78 is 221. The zero-order chi connectivity index (χ0) is 106. The molecule has 5 N–H and O–H groups in total. The first-order chi connectivity index (χ1) is 65.1. The van der Waals surface area contributed by atoms with Crippen LogP contribution < -0.4 is 0 Å². The van der Waals surface area contributed by atoms with Gasteiger partial charge in [0.2, 0.25) is 0 Å². The minimum absolute atomic E-state index is 0. The summed E-state index contributed by atoms with van der Waals surface area (Å²) in [4.78, 5) is 0. The third-order valence-electron chi connectivity index (χ3n) is 42.3. The third kappa shape index (κ3) is 25.7. The summed E-state index contributed by atoms with van der Waals surface area (Å²) in [6, 6.07) is -2.19. The molecule has 0 spiro atoms. The molecule has 147 heavy (non-hydrogen) atoms. The maximum atomic E-state index is 12.8. The van der Waals surface area contributed by atoms with Gasteiger partial charge < -0.3 is 52.1 Å². The Morgan fingerprint density at radius 1 is 0.259 bits per heavy atom. The molecule has 0 radical (unpaired) electrons. The van der Waals surface area contributed by atoms with Crippen molar-refractivity contribution in [2.24, 2.45) is 252 Å². The van der Waals surface area contributed by atoms with Crippen LogP contribution >= 0.6 is 33.2 Å². The smallest absolute Gasteiger partial charge is 0.497 e. The van der Waals surface area contributed by atoms with Crippen LogP contribution in [0.2, 0.25) is 72.0 Å². The molecule has 0 heterocycles. The Labute approximate surface area is 862 Å². The Hall–Kier alpha value is -4.54. The van der Waals surface area contributed by atoms with Crippen LogP contribution in [-0.2, 0) is 26.6 Å². The van der Waals surface area contributed by atoms with E-state index in [0.717, 1.165) is 151 Å². The molecule has 22 aliphatic carbocycles. The number of hydrogen-bond acceptors (Lipinski definition) is 11. The molecule has 39 atom stereocenters. The quantitative estimate of drug-likeness (QED) is 0.0276. The van der Waals surface area contributed by atoms with Crippen molar-refractivity contribution in [1.82, 2.24) is 0 Å². The van der Waals surface area contributed by atoms with E-state index in [1.165, 1.54) is 103 Å². The van der Waals surface area contributed by atoms with Gasteiger partial charge in [-0.1, -0.05) is 168 Å². The molecular weight excluding hydrogens is 3340 g/mol. The van der Waals surface area contributed by atoms with E-state index in [1.807, 2.05) is 33.9 Å². The van der Waals surface area contributed by atoms with Crippen LogP contribution in [0.1, 0.15) is 250 Å². The average Bonchev–Trinajstić information content (AvgIpc) is 1.53. The number of alkyl halides is 15. The minimum atomic E-state index is -4.54. The average molecular weight is 3520 g/mol.